The summed E-state index contributed by atoms with van der Waals surface area (Å²) in [6, 6.07) is 10.2. The van der Waals surface area contributed by atoms with Crippen LogP contribution in [0.25, 0.3) is 0 Å². The van der Waals surface area contributed by atoms with Crippen LogP contribution in [0.3, 0.4) is 0 Å². The lowest BCUT2D eigenvalue weighted by Crippen LogP contribution is -2.07. The molecule has 1 rings (SSSR count). The molecule has 18 heavy (non-hydrogen) atoms. The highest BCUT2D eigenvalue weighted by Gasteiger charge is 2.02. The Morgan fingerprint density at radius 2 is 1.89 bits per heavy atom. The second kappa shape index (κ2) is 9.86. The van der Waals surface area contributed by atoms with Gasteiger partial charge in [0.05, 0.1) is 12.7 Å². The van der Waals surface area contributed by atoms with Gasteiger partial charge in [-0.1, -0.05) is 36.4 Å². The molecule has 0 unspecified atom stereocenters. The van der Waals surface area contributed by atoms with Crippen LogP contribution >= 0.6 is 0 Å². The summed E-state index contributed by atoms with van der Waals surface area (Å²) in [5, 5.41) is 9.70. The largest absolute Gasteiger partial charge is 0.393 e. The molecule has 0 aliphatic heterocycles. The van der Waals surface area contributed by atoms with Crippen LogP contribution in [0.2, 0.25) is 0 Å². The maximum Gasteiger partial charge on any atom is 0.0716 e. The van der Waals surface area contributed by atoms with E-state index in [2.05, 4.69) is 18.7 Å². The van der Waals surface area contributed by atoms with Crippen LogP contribution < -0.4 is 0 Å². The zero-order chi connectivity index (χ0) is 13.1. The van der Waals surface area contributed by atoms with E-state index < -0.39 is 0 Å². The topological polar surface area (TPSA) is 29.5 Å². The maximum absolute atomic E-state index is 9.70. The van der Waals surface area contributed by atoms with Gasteiger partial charge in [0.2, 0.25) is 0 Å². The monoisotopic (exact) mass is 248 g/mol. The molecule has 2 heteroatoms. The quantitative estimate of drug-likeness (QED) is 0.505. The summed E-state index contributed by atoms with van der Waals surface area (Å²) < 4.78 is 5.57. The van der Waals surface area contributed by atoms with E-state index in [9.17, 15) is 5.11 Å². The number of allylic oxidation sites excluding steroid dienone is 1. The maximum atomic E-state index is 9.70. The van der Waals surface area contributed by atoms with Gasteiger partial charge in [0.1, 0.15) is 0 Å². The summed E-state index contributed by atoms with van der Waals surface area (Å²) in [6.45, 7) is 5.05. The van der Waals surface area contributed by atoms with Crippen molar-refractivity contribution in [3.8, 4) is 0 Å². The van der Waals surface area contributed by atoms with Crippen molar-refractivity contribution < 1.29 is 9.84 Å². The van der Waals surface area contributed by atoms with Crippen molar-refractivity contribution >= 4 is 0 Å². The van der Waals surface area contributed by atoms with Gasteiger partial charge >= 0.3 is 0 Å². The molecule has 1 aromatic carbocycles. The first-order valence-corrected chi connectivity index (χ1v) is 6.73. The standard InChI is InChI=1S/C16H24O2/c1-2-3-5-11-16(17)12-8-13-18-14-15-9-6-4-7-10-15/h2,4,6-7,9-10,16-17H,1,3,5,8,11-14H2/t16-/m0/s1. The first kappa shape index (κ1) is 14.9. The molecule has 2 nitrogen and oxygen atoms in total. The molecule has 0 spiro atoms. The molecule has 0 bridgehead atoms. The van der Waals surface area contributed by atoms with Gasteiger partial charge in [-0.25, -0.2) is 0 Å². The summed E-state index contributed by atoms with van der Waals surface area (Å²) in [4.78, 5) is 0. The molecule has 1 atom stereocenters. The van der Waals surface area contributed by atoms with Gasteiger partial charge in [0.25, 0.3) is 0 Å². The van der Waals surface area contributed by atoms with E-state index in [1.807, 2.05) is 24.3 Å². The van der Waals surface area contributed by atoms with E-state index >= 15 is 0 Å². The molecule has 1 N–H and O–H groups in total. The molecule has 0 aliphatic rings. The first-order chi connectivity index (χ1) is 8.83. The molecule has 0 amide bonds. The van der Waals surface area contributed by atoms with Crippen LogP contribution in [-0.4, -0.2) is 17.8 Å². The van der Waals surface area contributed by atoms with Crippen LogP contribution in [0.15, 0.2) is 43.0 Å². The van der Waals surface area contributed by atoms with E-state index in [1.165, 1.54) is 5.56 Å². The summed E-state index contributed by atoms with van der Waals surface area (Å²) in [7, 11) is 0. The van der Waals surface area contributed by atoms with Crippen LogP contribution in [0.4, 0.5) is 0 Å². The van der Waals surface area contributed by atoms with Crippen molar-refractivity contribution in [3.63, 3.8) is 0 Å². The van der Waals surface area contributed by atoms with Crippen molar-refractivity contribution in [2.75, 3.05) is 6.61 Å². The van der Waals surface area contributed by atoms with Crippen LogP contribution in [0, 0.1) is 0 Å². The molecule has 0 radical (unpaired) electrons. The molecule has 1 aromatic rings. The van der Waals surface area contributed by atoms with Crippen molar-refractivity contribution in [3.05, 3.63) is 48.6 Å². The third kappa shape index (κ3) is 7.25. The SMILES string of the molecule is C=CCCC[C@H](O)CCCOCc1ccccc1. The molecule has 0 aromatic heterocycles. The summed E-state index contributed by atoms with van der Waals surface area (Å²) in [6.07, 6.45) is 6.33. The van der Waals surface area contributed by atoms with E-state index in [4.69, 9.17) is 4.74 Å². The second-order valence-electron chi connectivity index (χ2n) is 4.55. The van der Waals surface area contributed by atoms with Crippen molar-refractivity contribution in [2.24, 2.45) is 0 Å². The van der Waals surface area contributed by atoms with Gasteiger partial charge in [-0.05, 0) is 37.7 Å². The third-order valence-electron chi connectivity index (χ3n) is 2.88. The van der Waals surface area contributed by atoms with Crippen molar-refractivity contribution in [1.82, 2.24) is 0 Å². The van der Waals surface area contributed by atoms with Crippen LogP contribution in [0.1, 0.15) is 37.7 Å². The number of ether oxygens (including phenoxy) is 1. The minimum absolute atomic E-state index is 0.190. The second-order valence-corrected chi connectivity index (χ2v) is 4.55. The Hall–Kier alpha value is -1.12. The molecule has 0 saturated carbocycles. The lowest BCUT2D eigenvalue weighted by Gasteiger charge is -2.10. The fraction of sp³-hybridized carbons (Fsp3) is 0.500. The van der Waals surface area contributed by atoms with Crippen molar-refractivity contribution in [2.45, 2.75) is 44.8 Å². The number of rotatable bonds is 10. The highest BCUT2D eigenvalue weighted by atomic mass is 16.5. The number of benzene rings is 1. The number of aliphatic hydroxyl groups excluding tert-OH is 1. The first-order valence-electron chi connectivity index (χ1n) is 6.73. The fourth-order valence-electron chi connectivity index (χ4n) is 1.83. The van der Waals surface area contributed by atoms with Gasteiger partial charge < -0.3 is 9.84 Å². The minimum atomic E-state index is -0.190. The Morgan fingerprint density at radius 1 is 1.17 bits per heavy atom. The lowest BCUT2D eigenvalue weighted by atomic mass is 10.1. The Bertz CT molecular complexity index is 308. The minimum Gasteiger partial charge on any atom is -0.393 e. The molecular formula is C16H24O2. The van der Waals surface area contributed by atoms with E-state index in [0.717, 1.165) is 32.1 Å². The van der Waals surface area contributed by atoms with E-state index in [-0.39, 0.29) is 6.10 Å². The molecule has 0 fully saturated rings. The molecule has 100 valence electrons. The predicted octanol–water partition coefficient (Wildman–Crippen LogP) is 3.70. The Labute approximate surface area is 110 Å². The van der Waals surface area contributed by atoms with Gasteiger partial charge in [0.15, 0.2) is 0 Å². The molecule has 0 saturated heterocycles. The summed E-state index contributed by atoms with van der Waals surface area (Å²) >= 11 is 0. The summed E-state index contributed by atoms with van der Waals surface area (Å²) in [5.41, 5.74) is 1.20. The fourth-order valence-corrected chi connectivity index (χ4v) is 1.83. The highest BCUT2D eigenvalue weighted by molar-refractivity contribution is 5.13. The average molecular weight is 248 g/mol. The number of unbranched alkanes of at least 4 members (excludes halogenated alkanes) is 1. The predicted molar refractivity (Wildman–Crippen MR) is 75.4 cm³/mol. The van der Waals surface area contributed by atoms with Gasteiger partial charge in [-0.15, -0.1) is 6.58 Å². The van der Waals surface area contributed by atoms with E-state index in [0.29, 0.717) is 13.2 Å². The van der Waals surface area contributed by atoms with E-state index in [1.54, 1.807) is 0 Å². The molecular weight excluding hydrogens is 224 g/mol. The van der Waals surface area contributed by atoms with Gasteiger partial charge in [0, 0.05) is 6.61 Å². The number of hydrogen-bond donors (Lipinski definition) is 1. The Kier molecular flexibility index (Phi) is 8.19. The Balaban J connectivity index is 1.96. The van der Waals surface area contributed by atoms with Gasteiger partial charge in [-0.2, -0.15) is 0 Å². The molecule has 0 aliphatic carbocycles. The number of aliphatic hydroxyl groups is 1. The highest BCUT2D eigenvalue weighted by Crippen LogP contribution is 2.08. The van der Waals surface area contributed by atoms with Crippen molar-refractivity contribution in [1.29, 1.82) is 0 Å². The van der Waals surface area contributed by atoms with Crippen LogP contribution in [-0.2, 0) is 11.3 Å². The molecule has 0 heterocycles. The Morgan fingerprint density at radius 3 is 2.61 bits per heavy atom. The van der Waals surface area contributed by atoms with Crippen LogP contribution in [0.5, 0.6) is 0 Å². The lowest BCUT2D eigenvalue weighted by molar-refractivity contribution is 0.0940. The average Bonchev–Trinajstić information content (AvgIpc) is 2.40. The normalized spacial score (nSPS) is 12.3. The zero-order valence-electron chi connectivity index (χ0n) is 11.1. The zero-order valence-corrected chi connectivity index (χ0v) is 11.1. The summed E-state index contributed by atoms with van der Waals surface area (Å²) in [5.74, 6) is 0. The smallest absolute Gasteiger partial charge is 0.0716 e. The van der Waals surface area contributed by atoms with Gasteiger partial charge in [-0.3, -0.25) is 0 Å². The third-order valence-corrected chi connectivity index (χ3v) is 2.88. The number of hydrogen-bond acceptors (Lipinski definition) is 2.